The van der Waals surface area contributed by atoms with Crippen LogP contribution in [0, 0.1) is 0 Å². The van der Waals surface area contributed by atoms with E-state index in [4.69, 9.17) is 5.73 Å². The van der Waals surface area contributed by atoms with Gasteiger partial charge in [-0.15, -0.1) is 0 Å². The minimum Gasteiger partial charge on any atom is -0.328 e. The van der Waals surface area contributed by atoms with Crippen LogP contribution in [0.3, 0.4) is 0 Å². The number of nitrogens with two attached hydrogens (primary N) is 1. The third-order valence-corrected chi connectivity index (χ3v) is 6.23. The van der Waals surface area contributed by atoms with Crippen LogP contribution < -0.4 is 5.73 Å². The quantitative estimate of drug-likeness (QED) is 0.917. The highest BCUT2D eigenvalue weighted by atomic mass is 32.2. The maximum Gasteiger partial charge on any atom is 0.246 e. The van der Waals surface area contributed by atoms with Gasteiger partial charge in [-0.05, 0) is 25.3 Å². The first-order valence-corrected chi connectivity index (χ1v) is 9.24. The fourth-order valence-corrected chi connectivity index (χ4v) is 4.63. The van der Waals surface area contributed by atoms with E-state index >= 15 is 0 Å². The van der Waals surface area contributed by atoms with E-state index in [0.29, 0.717) is 25.9 Å². The smallest absolute Gasteiger partial charge is 0.246 e. The highest BCUT2D eigenvalue weighted by molar-refractivity contribution is 7.89. The number of hydrogen-bond acceptors (Lipinski definition) is 4. The van der Waals surface area contributed by atoms with Crippen LogP contribution in [0.1, 0.15) is 25.3 Å². The predicted octanol–water partition coefficient (Wildman–Crippen LogP) is 1.43. The Kier molecular flexibility index (Phi) is 4.52. The summed E-state index contributed by atoms with van der Waals surface area (Å²) in [6.07, 6.45) is 4.42. The van der Waals surface area contributed by atoms with Crippen LogP contribution in [0.4, 0.5) is 0 Å². The molecule has 7 heteroatoms. The van der Waals surface area contributed by atoms with Crippen LogP contribution in [-0.2, 0) is 16.6 Å². The molecule has 2 aromatic rings. The zero-order chi connectivity index (χ0) is 16.4. The molecule has 0 radical (unpaired) electrons. The Balaban J connectivity index is 1.79. The molecule has 0 aliphatic carbocycles. The normalized spacial score (nSPS) is 23.0. The molecule has 0 amide bonds. The number of sulfonamides is 1. The summed E-state index contributed by atoms with van der Waals surface area (Å²) >= 11 is 0. The van der Waals surface area contributed by atoms with Gasteiger partial charge >= 0.3 is 0 Å². The molecule has 124 valence electrons. The number of aromatic nitrogens is 2. The molecule has 1 aliphatic rings. The first-order valence-electron chi connectivity index (χ1n) is 7.80. The molecule has 0 spiro atoms. The second-order valence-corrected chi connectivity index (χ2v) is 8.00. The van der Waals surface area contributed by atoms with Crippen molar-refractivity contribution in [3.05, 3.63) is 48.3 Å². The van der Waals surface area contributed by atoms with Crippen LogP contribution in [0.15, 0.2) is 47.6 Å². The lowest BCUT2D eigenvalue weighted by Crippen LogP contribution is -2.48. The van der Waals surface area contributed by atoms with Gasteiger partial charge in [-0.2, -0.15) is 9.40 Å². The van der Waals surface area contributed by atoms with Crippen LogP contribution >= 0.6 is 0 Å². The summed E-state index contributed by atoms with van der Waals surface area (Å²) < 4.78 is 28.8. The number of piperidine rings is 1. The maximum atomic E-state index is 12.8. The molecule has 0 bridgehead atoms. The molecule has 6 nitrogen and oxygen atoms in total. The van der Waals surface area contributed by atoms with Crippen LogP contribution in [0.25, 0.3) is 0 Å². The van der Waals surface area contributed by atoms with Gasteiger partial charge in [-0.3, -0.25) is 4.68 Å². The van der Waals surface area contributed by atoms with Gasteiger partial charge in [-0.25, -0.2) is 8.42 Å². The van der Waals surface area contributed by atoms with Gasteiger partial charge in [-0.1, -0.05) is 30.3 Å². The van der Waals surface area contributed by atoms with Crippen molar-refractivity contribution in [3.63, 3.8) is 0 Å². The van der Waals surface area contributed by atoms with Crippen molar-refractivity contribution in [2.24, 2.45) is 5.73 Å². The molecule has 0 unspecified atom stereocenters. The van der Waals surface area contributed by atoms with Crippen molar-refractivity contribution in [1.82, 2.24) is 14.1 Å². The largest absolute Gasteiger partial charge is 0.328 e. The van der Waals surface area contributed by atoms with E-state index in [1.165, 1.54) is 6.20 Å². The monoisotopic (exact) mass is 334 g/mol. The van der Waals surface area contributed by atoms with Gasteiger partial charge in [0.05, 0.1) is 12.7 Å². The summed E-state index contributed by atoms with van der Waals surface area (Å²) in [5, 5.41) is 4.20. The summed E-state index contributed by atoms with van der Waals surface area (Å²) in [5.41, 5.74) is 7.00. The van der Waals surface area contributed by atoms with Gasteiger partial charge in [0.1, 0.15) is 4.90 Å². The zero-order valence-electron chi connectivity index (χ0n) is 13.2. The molecule has 1 aromatic carbocycles. The molecule has 2 atom stereocenters. The third kappa shape index (κ3) is 3.46. The van der Waals surface area contributed by atoms with E-state index in [9.17, 15) is 8.42 Å². The highest BCUT2D eigenvalue weighted by Crippen LogP contribution is 2.24. The zero-order valence-corrected chi connectivity index (χ0v) is 14.0. The Bertz CT molecular complexity index is 757. The molecular formula is C16H22N4O2S. The first-order chi connectivity index (χ1) is 11.0. The molecule has 2 N–H and O–H groups in total. The van der Waals surface area contributed by atoms with Gasteiger partial charge in [0.25, 0.3) is 0 Å². The number of benzene rings is 1. The average molecular weight is 334 g/mol. The average Bonchev–Trinajstić information content (AvgIpc) is 2.97. The SMILES string of the molecule is C[C@H]1C[C@H](N)CCN1S(=O)(=O)c1cnn(Cc2ccccc2)c1. The molecule has 23 heavy (non-hydrogen) atoms. The van der Waals surface area contributed by atoms with Gasteiger partial charge in [0.2, 0.25) is 10.0 Å². The lowest BCUT2D eigenvalue weighted by molar-refractivity contribution is 0.247. The topological polar surface area (TPSA) is 81.2 Å². The summed E-state index contributed by atoms with van der Waals surface area (Å²) in [4.78, 5) is 0.246. The number of hydrogen-bond donors (Lipinski definition) is 1. The van der Waals surface area contributed by atoms with E-state index in [-0.39, 0.29) is 17.0 Å². The number of rotatable bonds is 4. The molecule has 2 heterocycles. The lowest BCUT2D eigenvalue weighted by atomic mass is 10.0. The minimum absolute atomic E-state index is 0.0808. The Morgan fingerprint density at radius 3 is 2.74 bits per heavy atom. The van der Waals surface area contributed by atoms with Crippen LogP contribution in [-0.4, -0.2) is 41.1 Å². The molecule has 1 aliphatic heterocycles. The molecule has 0 saturated carbocycles. The summed E-state index contributed by atoms with van der Waals surface area (Å²) in [6, 6.07) is 9.84. The van der Waals surface area contributed by atoms with Gasteiger partial charge in [0, 0.05) is 24.8 Å². The van der Waals surface area contributed by atoms with E-state index in [1.807, 2.05) is 37.3 Å². The molecule has 1 saturated heterocycles. The Morgan fingerprint density at radius 2 is 2.04 bits per heavy atom. The predicted molar refractivity (Wildman–Crippen MR) is 88.3 cm³/mol. The summed E-state index contributed by atoms with van der Waals surface area (Å²) in [6.45, 7) is 2.93. The van der Waals surface area contributed by atoms with Crippen LogP contribution in [0.5, 0.6) is 0 Å². The van der Waals surface area contributed by atoms with Crippen LogP contribution in [0.2, 0.25) is 0 Å². The summed E-state index contributed by atoms with van der Waals surface area (Å²) in [7, 11) is -3.51. The van der Waals surface area contributed by atoms with Crippen molar-refractivity contribution in [2.75, 3.05) is 6.54 Å². The number of nitrogens with zero attached hydrogens (tertiary/aromatic N) is 3. The van der Waals surface area contributed by atoms with E-state index < -0.39 is 10.0 Å². The Labute approximate surface area is 137 Å². The highest BCUT2D eigenvalue weighted by Gasteiger charge is 2.34. The Hall–Kier alpha value is -1.70. The molecule has 3 rings (SSSR count). The molecular weight excluding hydrogens is 312 g/mol. The van der Waals surface area contributed by atoms with Gasteiger partial charge < -0.3 is 5.73 Å². The second-order valence-electron chi connectivity index (χ2n) is 6.11. The van der Waals surface area contributed by atoms with E-state index in [0.717, 1.165) is 5.56 Å². The molecule has 1 aromatic heterocycles. The first kappa shape index (κ1) is 16.2. The molecule has 1 fully saturated rings. The van der Waals surface area contributed by atoms with Crippen molar-refractivity contribution in [1.29, 1.82) is 0 Å². The van der Waals surface area contributed by atoms with Crippen molar-refractivity contribution >= 4 is 10.0 Å². The Morgan fingerprint density at radius 1 is 1.30 bits per heavy atom. The standard InChI is InChI=1S/C16H22N4O2S/c1-13-9-15(17)7-8-20(13)23(21,22)16-10-18-19(12-16)11-14-5-3-2-4-6-14/h2-6,10,12-13,15H,7-9,11,17H2,1H3/t13-,15+/m0/s1. The fourth-order valence-electron chi connectivity index (χ4n) is 3.01. The summed E-state index contributed by atoms with van der Waals surface area (Å²) in [5.74, 6) is 0. The second kappa shape index (κ2) is 6.43. The third-order valence-electron chi connectivity index (χ3n) is 4.26. The van der Waals surface area contributed by atoms with E-state index in [1.54, 1.807) is 15.2 Å². The lowest BCUT2D eigenvalue weighted by Gasteiger charge is -2.34. The van der Waals surface area contributed by atoms with Crippen molar-refractivity contribution in [3.8, 4) is 0 Å². The fraction of sp³-hybridized carbons (Fsp3) is 0.438. The van der Waals surface area contributed by atoms with Crippen molar-refractivity contribution < 1.29 is 8.42 Å². The van der Waals surface area contributed by atoms with E-state index in [2.05, 4.69) is 5.10 Å². The minimum atomic E-state index is -3.51. The van der Waals surface area contributed by atoms with Crippen molar-refractivity contribution in [2.45, 2.75) is 43.3 Å². The van der Waals surface area contributed by atoms with Gasteiger partial charge in [0.15, 0.2) is 0 Å². The maximum absolute atomic E-state index is 12.8.